The topological polar surface area (TPSA) is 122 Å². The first-order valence-electron chi connectivity index (χ1n) is 17.0. The van der Waals surface area contributed by atoms with E-state index >= 15 is 0 Å². The van der Waals surface area contributed by atoms with Crippen LogP contribution in [0.4, 0.5) is 4.79 Å². The monoisotopic (exact) mass is 677 g/mol. The molecule has 0 aliphatic carbocycles. The zero-order valence-corrected chi connectivity index (χ0v) is 29.0. The van der Waals surface area contributed by atoms with Crippen molar-refractivity contribution < 1.29 is 43.1 Å². The van der Waals surface area contributed by atoms with Crippen molar-refractivity contribution in [3.63, 3.8) is 0 Å². The van der Waals surface area contributed by atoms with E-state index in [0.29, 0.717) is 45.5 Å². The van der Waals surface area contributed by atoms with E-state index in [4.69, 9.17) is 28.4 Å². The van der Waals surface area contributed by atoms with Crippen molar-refractivity contribution in [3.8, 4) is 0 Å². The Balaban J connectivity index is 1.52. The highest BCUT2D eigenvalue weighted by atomic mass is 16.6. The molecule has 0 unspecified atom stereocenters. The van der Waals surface area contributed by atoms with Gasteiger partial charge in [-0.15, -0.1) is 0 Å². The van der Waals surface area contributed by atoms with Crippen LogP contribution in [0.1, 0.15) is 63.1 Å². The molecule has 10 nitrogen and oxygen atoms in total. The van der Waals surface area contributed by atoms with E-state index in [1.807, 2.05) is 91.0 Å². The maximum absolute atomic E-state index is 12.5. The summed E-state index contributed by atoms with van der Waals surface area (Å²) in [6.07, 6.45) is -1.42. The standard InChI is InChI=1S/C39H51NO9/c1-39(2,3)49-38(43)40-31(37(42)44-4)22-14-15-23-32-34(45-25-28-16-8-5-9-17-28)36(47-27-30-20-12-7-13-21-30)35(33(24-41)48-32)46-26-29-18-10-6-11-19-29/h5-13,16-21,31-36,41H,14-15,22-27H2,1-4H3,(H,40,43)/t31-,32+,33+,34-,35-,36+/m0/s1. The third-order valence-electron chi connectivity index (χ3n) is 8.17. The largest absolute Gasteiger partial charge is 0.467 e. The van der Waals surface area contributed by atoms with Gasteiger partial charge in [-0.2, -0.15) is 0 Å². The first-order chi connectivity index (χ1) is 23.7. The van der Waals surface area contributed by atoms with Gasteiger partial charge >= 0.3 is 12.1 Å². The Morgan fingerprint density at radius 3 is 1.65 bits per heavy atom. The second-order valence-electron chi connectivity index (χ2n) is 13.2. The molecule has 266 valence electrons. The van der Waals surface area contributed by atoms with Crippen LogP contribution in [0, 0.1) is 0 Å². The fourth-order valence-electron chi connectivity index (χ4n) is 5.80. The maximum Gasteiger partial charge on any atom is 0.408 e. The second kappa shape index (κ2) is 19.4. The van der Waals surface area contributed by atoms with Crippen molar-refractivity contribution in [2.75, 3.05) is 13.7 Å². The van der Waals surface area contributed by atoms with Gasteiger partial charge in [0.25, 0.3) is 0 Å². The minimum Gasteiger partial charge on any atom is -0.467 e. The number of unbranched alkanes of at least 4 members (excludes halogenated alkanes) is 1. The molecule has 0 radical (unpaired) electrons. The highest BCUT2D eigenvalue weighted by molar-refractivity contribution is 5.81. The summed E-state index contributed by atoms with van der Waals surface area (Å²) in [6, 6.07) is 28.8. The number of rotatable bonds is 17. The highest BCUT2D eigenvalue weighted by Gasteiger charge is 2.47. The molecule has 1 aliphatic rings. The molecule has 1 heterocycles. The summed E-state index contributed by atoms with van der Waals surface area (Å²) in [5.74, 6) is -0.544. The van der Waals surface area contributed by atoms with Crippen LogP contribution < -0.4 is 5.32 Å². The molecule has 1 saturated heterocycles. The lowest BCUT2D eigenvalue weighted by molar-refractivity contribution is -0.271. The molecule has 49 heavy (non-hydrogen) atoms. The van der Waals surface area contributed by atoms with E-state index in [-0.39, 0.29) is 6.61 Å². The van der Waals surface area contributed by atoms with Crippen molar-refractivity contribution in [3.05, 3.63) is 108 Å². The molecule has 1 amide bonds. The molecule has 0 spiro atoms. The van der Waals surface area contributed by atoms with E-state index in [0.717, 1.165) is 16.7 Å². The van der Waals surface area contributed by atoms with Gasteiger partial charge in [0, 0.05) is 0 Å². The van der Waals surface area contributed by atoms with Crippen molar-refractivity contribution in [1.29, 1.82) is 0 Å². The molecule has 3 aromatic rings. The predicted molar refractivity (Wildman–Crippen MR) is 184 cm³/mol. The third-order valence-corrected chi connectivity index (χ3v) is 8.17. The molecule has 2 N–H and O–H groups in total. The Hall–Kier alpha value is -3.80. The van der Waals surface area contributed by atoms with Gasteiger partial charge in [-0.25, -0.2) is 9.59 Å². The Kier molecular flexibility index (Phi) is 15.1. The van der Waals surface area contributed by atoms with Gasteiger partial charge in [-0.3, -0.25) is 0 Å². The highest BCUT2D eigenvalue weighted by Crippen LogP contribution is 2.33. The van der Waals surface area contributed by atoms with E-state index in [1.165, 1.54) is 7.11 Å². The summed E-state index contributed by atoms with van der Waals surface area (Å²) in [5, 5.41) is 13.2. The molecule has 4 rings (SSSR count). The number of carbonyl (C=O) groups is 2. The lowest BCUT2D eigenvalue weighted by Crippen LogP contribution is -2.61. The number of methoxy groups -OCH3 is 1. The number of esters is 1. The fraction of sp³-hybridized carbons (Fsp3) is 0.487. The predicted octanol–water partition coefficient (Wildman–Crippen LogP) is 6.13. The average Bonchev–Trinajstić information content (AvgIpc) is 3.10. The first-order valence-corrected chi connectivity index (χ1v) is 17.0. The SMILES string of the molecule is COC(=O)[C@H](CCCC[C@H]1O[C@H](CO)[C@H](OCc2ccccc2)[C@H](OCc2ccccc2)[C@H]1OCc1ccccc1)NC(=O)OC(C)(C)C. The van der Waals surface area contributed by atoms with Gasteiger partial charge in [0.15, 0.2) is 0 Å². The number of aliphatic hydroxyl groups excluding tert-OH is 1. The zero-order chi connectivity index (χ0) is 35.1. The van der Waals surface area contributed by atoms with Crippen LogP contribution in [0.15, 0.2) is 91.0 Å². The summed E-state index contributed by atoms with van der Waals surface area (Å²) < 4.78 is 36.6. The molecule has 0 aromatic heterocycles. The van der Waals surface area contributed by atoms with Gasteiger partial charge in [0.05, 0.1) is 39.6 Å². The fourth-order valence-corrected chi connectivity index (χ4v) is 5.80. The number of carbonyl (C=O) groups excluding carboxylic acids is 2. The smallest absolute Gasteiger partial charge is 0.408 e. The van der Waals surface area contributed by atoms with Crippen molar-refractivity contribution in [1.82, 2.24) is 5.32 Å². The third kappa shape index (κ3) is 12.5. The van der Waals surface area contributed by atoms with Crippen molar-refractivity contribution in [2.24, 2.45) is 0 Å². The minimum absolute atomic E-state index is 0.267. The molecule has 1 fully saturated rings. The van der Waals surface area contributed by atoms with Crippen LogP contribution >= 0.6 is 0 Å². The Morgan fingerprint density at radius 2 is 1.20 bits per heavy atom. The zero-order valence-electron chi connectivity index (χ0n) is 29.0. The molecule has 3 aromatic carbocycles. The van der Waals surface area contributed by atoms with Crippen LogP contribution in [0.5, 0.6) is 0 Å². The molecule has 10 heteroatoms. The molecular formula is C39H51NO9. The van der Waals surface area contributed by atoms with Crippen LogP contribution in [-0.2, 0) is 53.0 Å². The number of alkyl carbamates (subject to hydrolysis) is 1. The Labute approximate surface area is 290 Å². The van der Waals surface area contributed by atoms with Gasteiger partial charge in [-0.05, 0) is 50.3 Å². The van der Waals surface area contributed by atoms with Crippen LogP contribution in [0.25, 0.3) is 0 Å². The molecule has 6 atom stereocenters. The van der Waals surface area contributed by atoms with Gasteiger partial charge in [0.2, 0.25) is 0 Å². The number of nitrogens with one attached hydrogen (secondary N) is 1. The number of hydrogen-bond acceptors (Lipinski definition) is 9. The van der Waals surface area contributed by atoms with E-state index < -0.39 is 54.2 Å². The minimum atomic E-state index is -0.861. The number of ether oxygens (including phenoxy) is 6. The normalized spacial score (nSPS) is 21.4. The quantitative estimate of drug-likeness (QED) is 0.128. The number of hydrogen-bond donors (Lipinski definition) is 2. The van der Waals surface area contributed by atoms with Gasteiger partial charge in [-0.1, -0.05) is 104 Å². The summed E-state index contributed by atoms with van der Waals surface area (Å²) >= 11 is 0. The van der Waals surface area contributed by atoms with Gasteiger partial charge < -0.3 is 38.8 Å². The van der Waals surface area contributed by atoms with Crippen molar-refractivity contribution in [2.45, 2.75) is 108 Å². The van der Waals surface area contributed by atoms with Crippen LogP contribution in [-0.4, -0.2) is 73.0 Å². The van der Waals surface area contributed by atoms with E-state index in [2.05, 4.69) is 5.32 Å². The Morgan fingerprint density at radius 1 is 0.735 bits per heavy atom. The van der Waals surface area contributed by atoms with Crippen LogP contribution in [0.2, 0.25) is 0 Å². The maximum atomic E-state index is 12.5. The first kappa shape index (κ1) is 38.0. The van der Waals surface area contributed by atoms with Crippen molar-refractivity contribution >= 4 is 12.1 Å². The Bertz CT molecular complexity index is 1380. The summed E-state index contributed by atoms with van der Waals surface area (Å²) in [7, 11) is 1.29. The molecule has 0 bridgehead atoms. The average molecular weight is 678 g/mol. The van der Waals surface area contributed by atoms with Crippen LogP contribution in [0.3, 0.4) is 0 Å². The number of aliphatic hydroxyl groups is 1. The lowest BCUT2D eigenvalue weighted by atomic mass is 9.91. The van der Waals surface area contributed by atoms with E-state index in [1.54, 1.807) is 20.8 Å². The molecule has 1 aliphatic heterocycles. The second-order valence-corrected chi connectivity index (χ2v) is 13.2. The number of amides is 1. The summed E-state index contributed by atoms with van der Waals surface area (Å²) in [5.41, 5.74) is 2.29. The summed E-state index contributed by atoms with van der Waals surface area (Å²) in [6.45, 7) is 5.97. The van der Waals surface area contributed by atoms with Gasteiger partial charge in [0.1, 0.15) is 36.1 Å². The lowest BCUT2D eigenvalue weighted by Gasteiger charge is -2.46. The van der Waals surface area contributed by atoms with E-state index in [9.17, 15) is 14.7 Å². The molecule has 0 saturated carbocycles. The summed E-state index contributed by atoms with van der Waals surface area (Å²) in [4.78, 5) is 24.9. The number of benzene rings is 3. The molecular weight excluding hydrogens is 626 g/mol.